The summed E-state index contributed by atoms with van der Waals surface area (Å²) < 4.78 is 0. The Kier molecular flexibility index (Phi) is 6.40. The normalized spacial score (nSPS) is 34.5. The van der Waals surface area contributed by atoms with Gasteiger partial charge < -0.3 is 5.11 Å². The SMILES string of the molecule is CC1=CC[C@@H]2C(C)(C)CCC[C@]2(C)[C@@H]1CC/C(C)=C/CC[C@H](C)O. The van der Waals surface area contributed by atoms with E-state index in [9.17, 15) is 5.11 Å². The van der Waals surface area contributed by atoms with Crippen molar-refractivity contribution in [2.24, 2.45) is 22.7 Å². The third-order valence-corrected chi connectivity index (χ3v) is 7.20. The van der Waals surface area contributed by atoms with Crippen molar-refractivity contribution in [3.8, 4) is 0 Å². The van der Waals surface area contributed by atoms with E-state index >= 15 is 0 Å². The molecule has 0 saturated heterocycles. The first kappa shape index (κ1) is 19.8. The second-order valence-electron chi connectivity index (χ2n) is 9.65. The van der Waals surface area contributed by atoms with Gasteiger partial charge in [0, 0.05) is 0 Å². The molecule has 138 valence electrons. The first-order valence-electron chi connectivity index (χ1n) is 10.2. The van der Waals surface area contributed by atoms with Crippen LogP contribution >= 0.6 is 0 Å². The van der Waals surface area contributed by atoms with Crippen LogP contribution in [0.25, 0.3) is 0 Å². The predicted molar refractivity (Wildman–Crippen MR) is 105 cm³/mol. The third kappa shape index (κ3) is 4.34. The van der Waals surface area contributed by atoms with Crippen LogP contribution in [0.3, 0.4) is 0 Å². The fourth-order valence-corrected chi connectivity index (χ4v) is 5.74. The van der Waals surface area contributed by atoms with Gasteiger partial charge in [0.05, 0.1) is 6.10 Å². The molecule has 1 N–H and O–H groups in total. The largest absolute Gasteiger partial charge is 0.393 e. The van der Waals surface area contributed by atoms with Gasteiger partial charge in [0.1, 0.15) is 0 Å². The van der Waals surface area contributed by atoms with Gasteiger partial charge in [0.2, 0.25) is 0 Å². The van der Waals surface area contributed by atoms with E-state index in [-0.39, 0.29) is 6.10 Å². The van der Waals surface area contributed by atoms with Crippen LogP contribution in [0.1, 0.15) is 92.9 Å². The molecule has 0 aromatic heterocycles. The molecular weight excluding hydrogens is 292 g/mol. The maximum atomic E-state index is 9.41. The van der Waals surface area contributed by atoms with Gasteiger partial charge in [-0.25, -0.2) is 0 Å². The zero-order valence-electron chi connectivity index (χ0n) is 17.0. The lowest BCUT2D eigenvalue weighted by Crippen LogP contribution is -2.48. The molecule has 0 heterocycles. The Morgan fingerprint density at radius 1 is 1.33 bits per heavy atom. The Morgan fingerprint density at radius 2 is 2.04 bits per heavy atom. The van der Waals surface area contributed by atoms with Crippen molar-refractivity contribution in [1.82, 2.24) is 0 Å². The summed E-state index contributed by atoms with van der Waals surface area (Å²) in [5.74, 6) is 1.59. The zero-order valence-corrected chi connectivity index (χ0v) is 17.0. The average Bonchev–Trinajstić information content (AvgIpc) is 2.45. The van der Waals surface area contributed by atoms with Gasteiger partial charge in [-0.15, -0.1) is 0 Å². The smallest absolute Gasteiger partial charge is 0.0515 e. The van der Waals surface area contributed by atoms with Gasteiger partial charge in [0.25, 0.3) is 0 Å². The van der Waals surface area contributed by atoms with Crippen LogP contribution in [0.5, 0.6) is 0 Å². The van der Waals surface area contributed by atoms with E-state index in [0.717, 1.165) is 24.7 Å². The number of fused-ring (bicyclic) bond motifs is 1. The van der Waals surface area contributed by atoms with E-state index in [2.05, 4.69) is 46.8 Å². The Morgan fingerprint density at radius 3 is 2.71 bits per heavy atom. The highest BCUT2D eigenvalue weighted by atomic mass is 16.3. The first-order valence-corrected chi connectivity index (χ1v) is 10.2. The summed E-state index contributed by atoms with van der Waals surface area (Å²) in [6.07, 6.45) is 14.6. The van der Waals surface area contributed by atoms with Gasteiger partial charge in [-0.05, 0) is 88.4 Å². The topological polar surface area (TPSA) is 20.2 Å². The molecule has 0 spiro atoms. The molecule has 1 heteroatoms. The van der Waals surface area contributed by atoms with Crippen LogP contribution in [0.4, 0.5) is 0 Å². The molecule has 24 heavy (non-hydrogen) atoms. The molecule has 0 aromatic carbocycles. The second-order valence-corrected chi connectivity index (χ2v) is 9.65. The van der Waals surface area contributed by atoms with Crippen molar-refractivity contribution in [1.29, 1.82) is 0 Å². The van der Waals surface area contributed by atoms with E-state index in [4.69, 9.17) is 0 Å². The molecule has 4 atom stereocenters. The van der Waals surface area contributed by atoms with Crippen molar-refractivity contribution >= 4 is 0 Å². The molecule has 0 aliphatic heterocycles. The molecule has 0 bridgehead atoms. The third-order valence-electron chi connectivity index (χ3n) is 7.20. The van der Waals surface area contributed by atoms with Gasteiger partial charge in [-0.3, -0.25) is 0 Å². The van der Waals surface area contributed by atoms with E-state index in [1.165, 1.54) is 44.1 Å². The van der Waals surface area contributed by atoms with E-state index in [1.54, 1.807) is 5.57 Å². The van der Waals surface area contributed by atoms with Gasteiger partial charge in [-0.2, -0.15) is 0 Å². The monoisotopic (exact) mass is 332 g/mol. The number of aliphatic hydroxyl groups is 1. The van der Waals surface area contributed by atoms with Gasteiger partial charge in [-0.1, -0.05) is 50.5 Å². The second kappa shape index (κ2) is 7.77. The molecule has 2 rings (SSSR count). The molecule has 2 aliphatic rings. The number of hydrogen-bond acceptors (Lipinski definition) is 1. The number of aliphatic hydroxyl groups excluding tert-OH is 1. The summed E-state index contributed by atoms with van der Waals surface area (Å²) in [5.41, 5.74) is 4.12. The maximum absolute atomic E-state index is 9.41. The van der Waals surface area contributed by atoms with E-state index in [0.29, 0.717) is 10.8 Å². The van der Waals surface area contributed by atoms with Crippen molar-refractivity contribution in [2.75, 3.05) is 0 Å². The maximum Gasteiger partial charge on any atom is 0.0515 e. The van der Waals surface area contributed by atoms with Crippen LogP contribution < -0.4 is 0 Å². The standard InChI is InChI=1S/C23H40O/c1-17(9-7-10-19(3)24)11-13-20-18(2)12-14-21-22(4,5)15-8-16-23(20,21)6/h9,12,19-21,24H,7-8,10-11,13-16H2,1-6H3/b17-9+/t19-,20+,21+,23+/m0/s1. The summed E-state index contributed by atoms with van der Waals surface area (Å²) in [7, 11) is 0. The molecule has 1 saturated carbocycles. The molecular formula is C23H40O. The van der Waals surface area contributed by atoms with E-state index < -0.39 is 0 Å². The van der Waals surface area contributed by atoms with Gasteiger partial charge in [0.15, 0.2) is 0 Å². The molecule has 1 fully saturated rings. The number of rotatable bonds is 6. The average molecular weight is 333 g/mol. The van der Waals surface area contributed by atoms with Gasteiger partial charge >= 0.3 is 0 Å². The Labute approximate surface area is 150 Å². The Hall–Kier alpha value is -0.560. The van der Waals surface area contributed by atoms with Crippen molar-refractivity contribution < 1.29 is 5.11 Å². The highest BCUT2D eigenvalue weighted by Crippen LogP contribution is 2.60. The summed E-state index contributed by atoms with van der Waals surface area (Å²) in [6.45, 7) is 14.1. The van der Waals surface area contributed by atoms with Crippen LogP contribution in [-0.2, 0) is 0 Å². The lowest BCUT2D eigenvalue weighted by Gasteiger charge is -2.57. The minimum atomic E-state index is -0.179. The highest BCUT2D eigenvalue weighted by molar-refractivity contribution is 5.19. The number of allylic oxidation sites excluding steroid dienone is 4. The zero-order chi connectivity index (χ0) is 18.0. The minimum Gasteiger partial charge on any atom is -0.393 e. The quantitative estimate of drug-likeness (QED) is 0.538. The molecule has 0 amide bonds. The Bertz CT molecular complexity index is 482. The fourth-order valence-electron chi connectivity index (χ4n) is 5.74. The van der Waals surface area contributed by atoms with Crippen molar-refractivity contribution in [2.45, 2.75) is 99.0 Å². The molecule has 0 unspecified atom stereocenters. The molecule has 2 aliphatic carbocycles. The van der Waals surface area contributed by atoms with Crippen LogP contribution in [-0.4, -0.2) is 11.2 Å². The van der Waals surface area contributed by atoms with Crippen molar-refractivity contribution in [3.05, 3.63) is 23.3 Å². The molecule has 1 nitrogen and oxygen atoms in total. The van der Waals surface area contributed by atoms with Crippen LogP contribution in [0.2, 0.25) is 0 Å². The van der Waals surface area contributed by atoms with Crippen LogP contribution in [0.15, 0.2) is 23.3 Å². The molecule has 0 radical (unpaired) electrons. The summed E-state index contributed by atoms with van der Waals surface area (Å²) in [5, 5.41) is 9.41. The minimum absolute atomic E-state index is 0.179. The van der Waals surface area contributed by atoms with E-state index in [1.807, 2.05) is 6.92 Å². The van der Waals surface area contributed by atoms with Crippen molar-refractivity contribution in [3.63, 3.8) is 0 Å². The fraction of sp³-hybridized carbons (Fsp3) is 0.826. The number of hydrogen-bond donors (Lipinski definition) is 1. The Balaban J connectivity index is 2.05. The first-order chi connectivity index (χ1) is 11.2. The summed E-state index contributed by atoms with van der Waals surface area (Å²) in [4.78, 5) is 0. The highest BCUT2D eigenvalue weighted by Gasteiger charge is 2.51. The summed E-state index contributed by atoms with van der Waals surface area (Å²) >= 11 is 0. The predicted octanol–water partition coefficient (Wildman–Crippen LogP) is 6.67. The summed E-state index contributed by atoms with van der Waals surface area (Å²) in [6, 6.07) is 0. The lowest BCUT2D eigenvalue weighted by molar-refractivity contribution is -0.0390. The molecule has 0 aromatic rings. The van der Waals surface area contributed by atoms with Crippen LogP contribution in [0, 0.1) is 22.7 Å². The lowest BCUT2D eigenvalue weighted by atomic mass is 9.48.